The molecule has 18 heavy (non-hydrogen) atoms. The summed E-state index contributed by atoms with van der Waals surface area (Å²) in [5.41, 5.74) is 6.09. The van der Waals surface area contributed by atoms with Gasteiger partial charge in [0.25, 0.3) is 5.91 Å². The molecule has 0 atom stereocenters. The maximum Gasteiger partial charge on any atom is 0.305 e. The average Bonchev–Trinajstić information content (AvgIpc) is 2.29. The lowest BCUT2D eigenvalue weighted by molar-refractivity contribution is -0.136. The first-order valence-corrected chi connectivity index (χ1v) is 5.90. The predicted molar refractivity (Wildman–Crippen MR) is 70.1 cm³/mol. The summed E-state index contributed by atoms with van der Waals surface area (Å²) in [5, 5.41) is 8.97. The second-order valence-corrected chi connectivity index (χ2v) is 4.13. The molecule has 0 aliphatic heterocycles. The van der Waals surface area contributed by atoms with Gasteiger partial charge in [-0.05, 0) is 19.1 Å². The molecule has 0 saturated carbocycles. The van der Waals surface area contributed by atoms with E-state index in [1.165, 1.54) is 0 Å². The number of benzene rings is 1. The van der Waals surface area contributed by atoms with E-state index in [2.05, 4.69) is 0 Å². The minimum atomic E-state index is -0.892. The molecule has 0 heterocycles. The minimum Gasteiger partial charge on any atom is -0.481 e. The van der Waals surface area contributed by atoms with Crippen LogP contribution in [0.3, 0.4) is 0 Å². The number of nitrogens with zero attached hydrogens (tertiary/aromatic N) is 1. The predicted octanol–water partition coefficient (Wildman–Crippen LogP) is 1.74. The molecule has 1 aromatic carbocycles. The van der Waals surface area contributed by atoms with Crippen molar-refractivity contribution in [3.05, 3.63) is 28.8 Å². The van der Waals surface area contributed by atoms with E-state index in [0.717, 1.165) is 0 Å². The third-order valence-corrected chi connectivity index (χ3v) is 2.87. The summed E-state index contributed by atoms with van der Waals surface area (Å²) in [4.78, 5) is 23.8. The fraction of sp³-hybridized carbons (Fsp3) is 0.333. The average molecular weight is 271 g/mol. The highest BCUT2D eigenvalue weighted by Crippen LogP contribution is 2.27. The Bertz CT molecular complexity index is 463. The SMILES string of the molecule is CCN(CCC(=O)O)c1cccc(Cl)c1C(N)=O. The van der Waals surface area contributed by atoms with Crippen molar-refractivity contribution in [1.82, 2.24) is 0 Å². The zero-order valence-electron chi connectivity index (χ0n) is 10.0. The second-order valence-electron chi connectivity index (χ2n) is 3.72. The van der Waals surface area contributed by atoms with Crippen molar-refractivity contribution in [2.24, 2.45) is 5.73 Å². The molecule has 0 aromatic heterocycles. The number of carbonyl (C=O) groups excluding carboxylic acids is 1. The van der Waals surface area contributed by atoms with Crippen LogP contribution >= 0.6 is 11.6 Å². The van der Waals surface area contributed by atoms with E-state index in [0.29, 0.717) is 18.8 Å². The zero-order valence-corrected chi connectivity index (χ0v) is 10.8. The topological polar surface area (TPSA) is 83.6 Å². The number of carboxylic acids is 1. The van der Waals surface area contributed by atoms with Crippen LogP contribution in [-0.4, -0.2) is 30.1 Å². The molecule has 1 amide bonds. The van der Waals surface area contributed by atoms with Gasteiger partial charge in [0.1, 0.15) is 0 Å². The highest BCUT2D eigenvalue weighted by molar-refractivity contribution is 6.34. The van der Waals surface area contributed by atoms with Crippen LogP contribution in [0.4, 0.5) is 5.69 Å². The van der Waals surface area contributed by atoms with Crippen LogP contribution < -0.4 is 10.6 Å². The van der Waals surface area contributed by atoms with Gasteiger partial charge in [0.15, 0.2) is 0 Å². The molecular formula is C12H15ClN2O3. The van der Waals surface area contributed by atoms with Gasteiger partial charge in [-0.15, -0.1) is 0 Å². The van der Waals surface area contributed by atoms with Crippen LogP contribution in [0.2, 0.25) is 5.02 Å². The van der Waals surface area contributed by atoms with E-state index < -0.39 is 11.9 Å². The molecule has 1 rings (SSSR count). The lowest BCUT2D eigenvalue weighted by atomic mass is 10.1. The Balaban J connectivity index is 3.08. The van der Waals surface area contributed by atoms with Crippen molar-refractivity contribution in [2.75, 3.05) is 18.0 Å². The molecule has 0 radical (unpaired) electrons. The monoisotopic (exact) mass is 270 g/mol. The quantitative estimate of drug-likeness (QED) is 0.825. The number of aliphatic carboxylic acids is 1. The molecule has 6 heteroatoms. The number of hydrogen-bond donors (Lipinski definition) is 2. The summed E-state index contributed by atoms with van der Waals surface area (Å²) in [5.74, 6) is -1.51. The maximum atomic E-state index is 11.4. The van der Waals surface area contributed by atoms with Crippen molar-refractivity contribution >= 4 is 29.2 Å². The number of rotatable bonds is 6. The molecular weight excluding hydrogens is 256 g/mol. The number of primary amides is 1. The Morgan fingerprint density at radius 2 is 2.11 bits per heavy atom. The van der Waals surface area contributed by atoms with Crippen LogP contribution in [0.5, 0.6) is 0 Å². The molecule has 0 bridgehead atoms. The fourth-order valence-corrected chi connectivity index (χ4v) is 1.96. The molecule has 0 fully saturated rings. The number of hydrogen-bond acceptors (Lipinski definition) is 3. The number of amides is 1. The third kappa shape index (κ3) is 3.37. The second kappa shape index (κ2) is 6.26. The Morgan fingerprint density at radius 3 is 2.61 bits per heavy atom. The summed E-state index contributed by atoms with van der Waals surface area (Å²) >= 11 is 5.94. The van der Waals surface area contributed by atoms with Gasteiger partial charge in [-0.25, -0.2) is 0 Å². The largest absolute Gasteiger partial charge is 0.481 e. The number of halogens is 1. The molecule has 0 spiro atoms. The summed E-state index contributed by atoms with van der Waals surface area (Å²) in [6.07, 6.45) is -0.0153. The highest BCUT2D eigenvalue weighted by atomic mass is 35.5. The summed E-state index contributed by atoms with van der Waals surface area (Å²) in [6, 6.07) is 4.99. The molecule has 5 nitrogen and oxygen atoms in total. The van der Waals surface area contributed by atoms with E-state index in [9.17, 15) is 9.59 Å². The van der Waals surface area contributed by atoms with Gasteiger partial charge in [-0.3, -0.25) is 9.59 Å². The van der Waals surface area contributed by atoms with Crippen molar-refractivity contribution in [3.8, 4) is 0 Å². The van der Waals surface area contributed by atoms with Gasteiger partial charge in [0.2, 0.25) is 0 Å². The lowest BCUT2D eigenvalue weighted by Crippen LogP contribution is -2.28. The summed E-state index contributed by atoms with van der Waals surface area (Å²) in [6.45, 7) is 2.73. The third-order valence-electron chi connectivity index (χ3n) is 2.56. The van der Waals surface area contributed by atoms with Crippen LogP contribution in [-0.2, 0) is 4.79 Å². The van der Waals surface area contributed by atoms with Crippen molar-refractivity contribution in [1.29, 1.82) is 0 Å². The molecule has 0 saturated heterocycles. The van der Waals surface area contributed by atoms with Crippen LogP contribution in [0, 0.1) is 0 Å². The van der Waals surface area contributed by atoms with E-state index in [4.69, 9.17) is 22.4 Å². The number of carbonyl (C=O) groups is 2. The van der Waals surface area contributed by atoms with Crippen LogP contribution in [0.1, 0.15) is 23.7 Å². The summed E-state index contributed by atoms with van der Waals surface area (Å²) < 4.78 is 0. The first kappa shape index (κ1) is 14.3. The fourth-order valence-electron chi connectivity index (χ4n) is 1.70. The number of nitrogens with two attached hydrogens (primary N) is 1. The molecule has 3 N–H and O–H groups in total. The van der Waals surface area contributed by atoms with Gasteiger partial charge in [-0.2, -0.15) is 0 Å². The minimum absolute atomic E-state index is 0.0153. The van der Waals surface area contributed by atoms with Crippen molar-refractivity contribution < 1.29 is 14.7 Å². The Morgan fingerprint density at radius 1 is 1.44 bits per heavy atom. The standard InChI is InChI=1S/C12H15ClN2O3/c1-2-15(7-6-10(16)17)9-5-3-4-8(13)11(9)12(14)18/h3-5H,2,6-7H2,1H3,(H2,14,18)(H,16,17). The van der Waals surface area contributed by atoms with Gasteiger partial charge >= 0.3 is 5.97 Å². The van der Waals surface area contributed by atoms with E-state index >= 15 is 0 Å². The van der Waals surface area contributed by atoms with E-state index in [1.807, 2.05) is 6.92 Å². The lowest BCUT2D eigenvalue weighted by Gasteiger charge is -2.24. The number of carboxylic acid groups (broad SMARTS) is 1. The highest BCUT2D eigenvalue weighted by Gasteiger charge is 2.17. The zero-order chi connectivity index (χ0) is 13.7. The van der Waals surface area contributed by atoms with Crippen LogP contribution in [0.15, 0.2) is 18.2 Å². The molecule has 0 aliphatic rings. The van der Waals surface area contributed by atoms with Gasteiger partial charge in [0.05, 0.1) is 22.7 Å². The van der Waals surface area contributed by atoms with Gasteiger partial charge in [-0.1, -0.05) is 17.7 Å². The van der Waals surface area contributed by atoms with E-state index in [1.54, 1.807) is 23.1 Å². The normalized spacial score (nSPS) is 10.1. The molecule has 0 aliphatic carbocycles. The van der Waals surface area contributed by atoms with Gasteiger partial charge in [0, 0.05) is 13.1 Å². The van der Waals surface area contributed by atoms with E-state index in [-0.39, 0.29) is 17.0 Å². The Kier molecular flexibility index (Phi) is 4.97. The summed E-state index contributed by atoms with van der Waals surface area (Å²) in [7, 11) is 0. The van der Waals surface area contributed by atoms with Crippen molar-refractivity contribution in [2.45, 2.75) is 13.3 Å². The van der Waals surface area contributed by atoms with Gasteiger partial charge < -0.3 is 15.7 Å². The molecule has 1 aromatic rings. The Hall–Kier alpha value is -1.75. The number of anilines is 1. The van der Waals surface area contributed by atoms with Crippen LogP contribution in [0.25, 0.3) is 0 Å². The first-order valence-electron chi connectivity index (χ1n) is 5.52. The molecule has 0 unspecified atom stereocenters. The Labute approximate surface area is 110 Å². The smallest absolute Gasteiger partial charge is 0.305 e. The first-order chi connectivity index (χ1) is 8.47. The van der Waals surface area contributed by atoms with Crippen molar-refractivity contribution in [3.63, 3.8) is 0 Å². The maximum absolute atomic E-state index is 11.4. The molecule has 98 valence electrons.